The fourth-order valence-electron chi connectivity index (χ4n) is 2.99. The molecule has 0 saturated heterocycles. The van der Waals surface area contributed by atoms with E-state index in [0.717, 1.165) is 0 Å². The molecule has 1 N–H and O–H groups in total. The molecule has 0 aliphatic rings. The van der Waals surface area contributed by atoms with E-state index in [1.807, 2.05) is 36.4 Å². The maximum atomic E-state index is 13.2. The third kappa shape index (κ3) is 4.03. The molecule has 4 rings (SSSR count). The number of carbonyl (C=O) groups excluding carboxylic acids is 1. The van der Waals surface area contributed by atoms with Gasteiger partial charge in [-0.1, -0.05) is 64.8 Å². The van der Waals surface area contributed by atoms with Crippen LogP contribution in [-0.2, 0) is 0 Å². The van der Waals surface area contributed by atoms with E-state index in [-0.39, 0.29) is 11.3 Å². The van der Waals surface area contributed by atoms with Crippen LogP contribution in [0.2, 0.25) is 10.0 Å². The lowest BCUT2D eigenvalue weighted by Gasteiger charge is -2.12. The lowest BCUT2D eigenvalue weighted by Crippen LogP contribution is -2.14. The summed E-state index contributed by atoms with van der Waals surface area (Å²) in [7, 11) is 0. The molecule has 0 aliphatic heterocycles. The molecule has 0 spiro atoms. The topological polar surface area (TPSA) is 64.4 Å². The fourth-order valence-corrected chi connectivity index (χ4v) is 3.57. The SMILES string of the molecule is Cc1onc(-c2c(Cl)cccc2Cl)c1C(=O)Nc1ccccc1Oc1ccccc1. The van der Waals surface area contributed by atoms with Gasteiger partial charge in [0.2, 0.25) is 0 Å². The van der Waals surface area contributed by atoms with Gasteiger partial charge in [-0.3, -0.25) is 4.79 Å². The van der Waals surface area contributed by atoms with Crippen LogP contribution in [0, 0.1) is 6.92 Å². The maximum Gasteiger partial charge on any atom is 0.261 e. The number of anilines is 1. The number of benzene rings is 3. The molecule has 0 unspecified atom stereocenters. The van der Waals surface area contributed by atoms with E-state index in [2.05, 4.69) is 10.5 Å². The van der Waals surface area contributed by atoms with Crippen LogP contribution in [0.15, 0.2) is 77.3 Å². The lowest BCUT2D eigenvalue weighted by atomic mass is 10.1. The molecule has 30 heavy (non-hydrogen) atoms. The summed E-state index contributed by atoms with van der Waals surface area (Å²) in [5.41, 5.74) is 1.47. The number of aromatic nitrogens is 1. The van der Waals surface area contributed by atoms with Crippen LogP contribution in [0.3, 0.4) is 0 Å². The first-order valence-corrected chi connectivity index (χ1v) is 9.84. The molecule has 1 heterocycles. The quantitative estimate of drug-likeness (QED) is 0.364. The third-order valence-electron chi connectivity index (χ3n) is 4.40. The monoisotopic (exact) mass is 438 g/mol. The highest BCUT2D eigenvalue weighted by Crippen LogP contribution is 2.37. The van der Waals surface area contributed by atoms with Gasteiger partial charge in [0.15, 0.2) is 5.75 Å². The van der Waals surface area contributed by atoms with Crippen molar-refractivity contribution in [1.82, 2.24) is 5.16 Å². The van der Waals surface area contributed by atoms with Gasteiger partial charge in [-0.05, 0) is 43.3 Å². The Balaban J connectivity index is 1.68. The van der Waals surface area contributed by atoms with Crippen LogP contribution >= 0.6 is 23.2 Å². The minimum Gasteiger partial charge on any atom is -0.455 e. The Kier molecular flexibility index (Phi) is 5.74. The Hall–Kier alpha value is -3.28. The summed E-state index contributed by atoms with van der Waals surface area (Å²) in [6, 6.07) is 21.5. The average molecular weight is 439 g/mol. The summed E-state index contributed by atoms with van der Waals surface area (Å²) >= 11 is 12.6. The van der Waals surface area contributed by atoms with Gasteiger partial charge in [0.1, 0.15) is 22.8 Å². The number of carbonyl (C=O) groups is 1. The predicted molar refractivity (Wildman–Crippen MR) is 118 cm³/mol. The second-order valence-corrected chi connectivity index (χ2v) is 7.24. The molecule has 0 atom stereocenters. The Morgan fingerprint density at radius 1 is 0.933 bits per heavy atom. The molecular weight excluding hydrogens is 423 g/mol. The number of rotatable bonds is 5. The Morgan fingerprint density at radius 2 is 1.60 bits per heavy atom. The minimum absolute atomic E-state index is 0.250. The first-order valence-electron chi connectivity index (χ1n) is 9.08. The standard InChI is InChI=1S/C23H16Cl2N2O3/c1-14-20(22(27-30-14)21-16(24)10-7-11-17(21)25)23(28)26-18-12-5-6-13-19(18)29-15-8-3-2-4-9-15/h2-13H,1H3,(H,26,28). The molecule has 5 nitrogen and oxygen atoms in total. The summed E-state index contributed by atoms with van der Waals surface area (Å²) in [6.45, 7) is 1.66. The van der Waals surface area contributed by atoms with Gasteiger partial charge >= 0.3 is 0 Å². The van der Waals surface area contributed by atoms with Crippen molar-refractivity contribution in [3.8, 4) is 22.8 Å². The molecule has 0 bridgehead atoms. The van der Waals surface area contributed by atoms with Gasteiger partial charge in [-0.15, -0.1) is 0 Å². The lowest BCUT2D eigenvalue weighted by molar-refractivity contribution is 0.102. The van der Waals surface area contributed by atoms with Gasteiger partial charge in [0.05, 0.1) is 15.7 Å². The van der Waals surface area contributed by atoms with E-state index in [1.54, 1.807) is 43.3 Å². The van der Waals surface area contributed by atoms with Gasteiger partial charge in [-0.2, -0.15) is 0 Å². The number of aryl methyl sites for hydroxylation is 1. The molecule has 7 heteroatoms. The fraction of sp³-hybridized carbons (Fsp3) is 0.0435. The molecule has 3 aromatic carbocycles. The number of hydrogen-bond donors (Lipinski definition) is 1. The van der Waals surface area contributed by atoms with Crippen LogP contribution in [0.5, 0.6) is 11.5 Å². The van der Waals surface area contributed by atoms with Gasteiger partial charge in [0.25, 0.3) is 5.91 Å². The van der Waals surface area contributed by atoms with Gasteiger partial charge in [-0.25, -0.2) is 0 Å². The first-order chi connectivity index (χ1) is 14.5. The van der Waals surface area contributed by atoms with Crippen molar-refractivity contribution >= 4 is 34.8 Å². The second-order valence-electron chi connectivity index (χ2n) is 6.42. The van der Waals surface area contributed by atoms with Crippen LogP contribution in [-0.4, -0.2) is 11.1 Å². The minimum atomic E-state index is -0.413. The largest absolute Gasteiger partial charge is 0.455 e. The van der Waals surface area contributed by atoms with Crippen molar-refractivity contribution in [2.24, 2.45) is 0 Å². The van der Waals surface area contributed by atoms with Crippen molar-refractivity contribution < 1.29 is 14.1 Å². The van der Waals surface area contributed by atoms with Crippen molar-refractivity contribution in [3.63, 3.8) is 0 Å². The van der Waals surface area contributed by atoms with Crippen LogP contribution in [0.25, 0.3) is 11.3 Å². The van der Waals surface area contributed by atoms with Crippen LogP contribution in [0.4, 0.5) is 5.69 Å². The molecular formula is C23H16Cl2N2O3. The number of nitrogens with zero attached hydrogens (tertiary/aromatic N) is 1. The molecule has 1 amide bonds. The third-order valence-corrected chi connectivity index (χ3v) is 5.03. The number of nitrogens with one attached hydrogen (secondary N) is 1. The van der Waals surface area contributed by atoms with E-state index in [4.69, 9.17) is 32.5 Å². The highest BCUT2D eigenvalue weighted by atomic mass is 35.5. The first kappa shape index (κ1) is 20.0. The van der Waals surface area contributed by atoms with E-state index in [0.29, 0.717) is 38.6 Å². The van der Waals surface area contributed by atoms with E-state index < -0.39 is 5.91 Å². The molecule has 0 radical (unpaired) electrons. The van der Waals surface area contributed by atoms with Gasteiger partial charge < -0.3 is 14.6 Å². The zero-order chi connectivity index (χ0) is 21.1. The number of halogens is 2. The molecule has 1 aromatic heterocycles. The summed E-state index contributed by atoms with van der Waals surface area (Å²) in [5.74, 6) is 1.09. The summed E-state index contributed by atoms with van der Waals surface area (Å²) in [5, 5.41) is 7.64. The van der Waals surface area contributed by atoms with Crippen LogP contribution in [0.1, 0.15) is 16.1 Å². The Bertz CT molecular complexity index is 1190. The molecule has 0 fully saturated rings. The van der Waals surface area contributed by atoms with E-state index >= 15 is 0 Å². The summed E-state index contributed by atoms with van der Waals surface area (Å²) in [6.07, 6.45) is 0. The number of amides is 1. The molecule has 0 aliphatic carbocycles. The van der Waals surface area contributed by atoms with E-state index in [1.165, 1.54) is 0 Å². The molecule has 4 aromatic rings. The smallest absolute Gasteiger partial charge is 0.261 e. The van der Waals surface area contributed by atoms with Gasteiger partial charge in [0, 0.05) is 5.56 Å². The summed E-state index contributed by atoms with van der Waals surface area (Å²) in [4.78, 5) is 13.2. The van der Waals surface area contributed by atoms with Crippen molar-refractivity contribution in [1.29, 1.82) is 0 Å². The summed E-state index contributed by atoms with van der Waals surface area (Å²) < 4.78 is 11.2. The normalized spacial score (nSPS) is 10.6. The van der Waals surface area contributed by atoms with E-state index in [9.17, 15) is 4.79 Å². The molecule has 0 saturated carbocycles. The zero-order valence-electron chi connectivity index (χ0n) is 15.9. The number of ether oxygens (including phenoxy) is 1. The number of para-hydroxylation sites is 3. The van der Waals surface area contributed by atoms with Crippen molar-refractivity contribution in [2.75, 3.05) is 5.32 Å². The zero-order valence-corrected chi connectivity index (χ0v) is 17.4. The predicted octanol–water partition coefficient (Wildman–Crippen LogP) is 7.00. The van der Waals surface area contributed by atoms with Crippen molar-refractivity contribution in [3.05, 3.63) is 94.2 Å². The molecule has 150 valence electrons. The second kappa shape index (κ2) is 8.61. The Labute approximate surface area is 183 Å². The Morgan fingerprint density at radius 3 is 2.33 bits per heavy atom. The highest BCUT2D eigenvalue weighted by molar-refractivity contribution is 6.39. The van der Waals surface area contributed by atoms with Crippen LogP contribution < -0.4 is 10.1 Å². The number of hydrogen-bond acceptors (Lipinski definition) is 4. The average Bonchev–Trinajstić information content (AvgIpc) is 3.11. The highest BCUT2D eigenvalue weighted by Gasteiger charge is 2.25. The maximum absolute atomic E-state index is 13.2. The van der Waals surface area contributed by atoms with Crippen molar-refractivity contribution in [2.45, 2.75) is 6.92 Å².